The molecular formula is C21H26N4O3. The van der Waals surface area contributed by atoms with Crippen molar-refractivity contribution in [3.05, 3.63) is 58.0 Å². The lowest BCUT2D eigenvalue weighted by Crippen LogP contribution is -2.38. The number of ether oxygens (including phenoxy) is 1. The SMILES string of the molecule is COc1ccc([C@H]2[C@@H]3CN(C(=O)Cn4nc(C)ccc4=O)C[C@@H]3CN2C)cc1. The van der Waals surface area contributed by atoms with Gasteiger partial charge in [0.05, 0.1) is 12.8 Å². The number of benzene rings is 1. The molecule has 0 aliphatic carbocycles. The zero-order valence-corrected chi connectivity index (χ0v) is 16.5. The molecule has 0 unspecified atom stereocenters. The molecule has 2 saturated heterocycles. The van der Waals surface area contributed by atoms with Crippen LogP contribution in [0.4, 0.5) is 0 Å². The van der Waals surface area contributed by atoms with E-state index in [2.05, 4.69) is 29.2 Å². The summed E-state index contributed by atoms with van der Waals surface area (Å²) in [6, 6.07) is 11.6. The minimum atomic E-state index is -0.241. The summed E-state index contributed by atoms with van der Waals surface area (Å²) in [6.45, 7) is 4.24. The van der Waals surface area contributed by atoms with Gasteiger partial charge in [-0.1, -0.05) is 12.1 Å². The minimum Gasteiger partial charge on any atom is -0.497 e. The number of hydrogen-bond acceptors (Lipinski definition) is 5. The van der Waals surface area contributed by atoms with Crippen LogP contribution in [0.25, 0.3) is 0 Å². The van der Waals surface area contributed by atoms with Crippen molar-refractivity contribution >= 4 is 5.91 Å². The average molecular weight is 382 g/mol. The third-order valence-electron chi connectivity index (χ3n) is 5.99. The smallest absolute Gasteiger partial charge is 0.267 e. The third kappa shape index (κ3) is 3.42. The second-order valence-corrected chi connectivity index (χ2v) is 7.85. The van der Waals surface area contributed by atoms with Crippen molar-refractivity contribution in [3.8, 4) is 5.75 Å². The molecule has 2 aliphatic rings. The van der Waals surface area contributed by atoms with Crippen LogP contribution in [0.2, 0.25) is 0 Å². The summed E-state index contributed by atoms with van der Waals surface area (Å²) in [5.41, 5.74) is 1.74. The van der Waals surface area contributed by atoms with Crippen LogP contribution in [0.3, 0.4) is 0 Å². The van der Waals surface area contributed by atoms with Gasteiger partial charge in [-0.25, -0.2) is 4.68 Å². The number of likely N-dealkylation sites (tertiary alicyclic amines) is 2. The molecule has 3 atom stereocenters. The fraction of sp³-hybridized carbons (Fsp3) is 0.476. The van der Waals surface area contributed by atoms with Gasteiger partial charge in [0, 0.05) is 37.7 Å². The van der Waals surface area contributed by atoms with E-state index < -0.39 is 0 Å². The second-order valence-electron chi connectivity index (χ2n) is 7.85. The number of carbonyl (C=O) groups is 1. The molecule has 2 aromatic rings. The zero-order chi connectivity index (χ0) is 19.8. The largest absolute Gasteiger partial charge is 0.497 e. The van der Waals surface area contributed by atoms with Gasteiger partial charge in [0.25, 0.3) is 5.56 Å². The lowest BCUT2D eigenvalue weighted by atomic mass is 9.89. The number of nitrogens with zero attached hydrogens (tertiary/aromatic N) is 4. The Labute approximate surface area is 164 Å². The summed E-state index contributed by atoms with van der Waals surface area (Å²) < 4.78 is 6.53. The summed E-state index contributed by atoms with van der Waals surface area (Å²) in [7, 11) is 3.82. The Hall–Kier alpha value is -2.67. The molecular weight excluding hydrogens is 356 g/mol. The first-order chi connectivity index (χ1) is 13.5. The Kier molecular flexibility index (Phi) is 4.93. The molecule has 0 radical (unpaired) electrons. The van der Waals surface area contributed by atoms with E-state index in [-0.39, 0.29) is 24.1 Å². The first kappa shape index (κ1) is 18.7. The molecule has 2 fully saturated rings. The first-order valence-electron chi connectivity index (χ1n) is 9.63. The van der Waals surface area contributed by atoms with Crippen LogP contribution in [0.15, 0.2) is 41.2 Å². The number of carbonyl (C=O) groups excluding carboxylic acids is 1. The van der Waals surface area contributed by atoms with Crippen molar-refractivity contribution in [2.45, 2.75) is 19.5 Å². The number of rotatable bonds is 4. The molecule has 0 saturated carbocycles. The monoisotopic (exact) mass is 382 g/mol. The molecule has 0 spiro atoms. The second kappa shape index (κ2) is 7.39. The van der Waals surface area contributed by atoms with Crippen LogP contribution in [0.5, 0.6) is 5.75 Å². The molecule has 1 aromatic heterocycles. The van der Waals surface area contributed by atoms with Gasteiger partial charge in [-0.15, -0.1) is 0 Å². The minimum absolute atomic E-state index is 0.00297. The van der Waals surface area contributed by atoms with Crippen molar-refractivity contribution in [1.29, 1.82) is 0 Å². The Morgan fingerprint density at radius 1 is 1.14 bits per heavy atom. The van der Waals surface area contributed by atoms with E-state index in [1.54, 1.807) is 13.2 Å². The predicted molar refractivity (Wildman–Crippen MR) is 105 cm³/mol. The van der Waals surface area contributed by atoms with Gasteiger partial charge < -0.3 is 9.64 Å². The predicted octanol–water partition coefficient (Wildman–Crippen LogP) is 1.32. The van der Waals surface area contributed by atoms with Gasteiger partial charge in [0.15, 0.2) is 0 Å². The zero-order valence-electron chi connectivity index (χ0n) is 16.5. The fourth-order valence-electron chi connectivity index (χ4n) is 4.66. The molecule has 7 nitrogen and oxygen atoms in total. The number of methoxy groups -OCH3 is 1. The van der Waals surface area contributed by atoms with Gasteiger partial charge in [-0.2, -0.15) is 5.10 Å². The Balaban J connectivity index is 1.48. The van der Waals surface area contributed by atoms with E-state index in [9.17, 15) is 9.59 Å². The normalized spacial score (nSPS) is 24.4. The molecule has 2 aliphatic heterocycles. The quantitative estimate of drug-likeness (QED) is 0.798. The Morgan fingerprint density at radius 2 is 1.89 bits per heavy atom. The van der Waals surface area contributed by atoms with Crippen LogP contribution in [-0.4, -0.2) is 59.3 Å². The molecule has 4 rings (SSSR count). The summed E-state index contributed by atoms with van der Waals surface area (Å²) in [5, 5.41) is 4.18. The Morgan fingerprint density at radius 3 is 2.61 bits per heavy atom. The molecule has 0 bridgehead atoms. The fourth-order valence-corrected chi connectivity index (χ4v) is 4.66. The highest BCUT2D eigenvalue weighted by Crippen LogP contribution is 2.44. The number of hydrogen-bond donors (Lipinski definition) is 0. The van der Waals surface area contributed by atoms with Crippen molar-refractivity contribution < 1.29 is 9.53 Å². The van der Waals surface area contributed by atoms with Crippen LogP contribution in [-0.2, 0) is 11.3 Å². The average Bonchev–Trinajstić information content (AvgIpc) is 3.21. The van der Waals surface area contributed by atoms with Crippen molar-refractivity contribution in [2.75, 3.05) is 33.8 Å². The van der Waals surface area contributed by atoms with E-state index in [0.29, 0.717) is 18.4 Å². The molecule has 3 heterocycles. The maximum absolute atomic E-state index is 12.8. The molecule has 0 N–H and O–H groups in total. The van der Waals surface area contributed by atoms with E-state index in [1.807, 2.05) is 24.0 Å². The molecule has 1 amide bonds. The summed E-state index contributed by atoms with van der Waals surface area (Å²) in [5.74, 6) is 1.65. The van der Waals surface area contributed by atoms with E-state index in [1.165, 1.54) is 16.3 Å². The summed E-state index contributed by atoms with van der Waals surface area (Å²) >= 11 is 0. The standard InChI is InChI=1S/C21H26N4O3/c1-14-4-9-19(26)25(22-14)13-20(27)24-11-16-10-23(2)21(18(16)12-24)15-5-7-17(28-3)8-6-15/h4-9,16,18,21H,10-13H2,1-3H3/t16-,18+,21-/m0/s1. The lowest BCUT2D eigenvalue weighted by molar-refractivity contribution is -0.131. The van der Waals surface area contributed by atoms with Gasteiger partial charge in [0.1, 0.15) is 12.3 Å². The number of aryl methyl sites for hydroxylation is 1. The molecule has 28 heavy (non-hydrogen) atoms. The van der Waals surface area contributed by atoms with Gasteiger partial charge in [0.2, 0.25) is 5.91 Å². The maximum atomic E-state index is 12.8. The molecule has 148 valence electrons. The summed E-state index contributed by atoms with van der Waals surface area (Å²) in [4.78, 5) is 29.1. The third-order valence-corrected chi connectivity index (χ3v) is 5.99. The highest BCUT2D eigenvalue weighted by Gasteiger charge is 2.47. The van der Waals surface area contributed by atoms with Crippen molar-refractivity contribution in [2.24, 2.45) is 11.8 Å². The van der Waals surface area contributed by atoms with Crippen molar-refractivity contribution in [1.82, 2.24) is 19.6 Å². The van der Waals surface area contributed by atoms with E-state index in [4.69, 9.17) is 4.74 Å². The number of amides is 1. The highest BCUT2D eigenvalue weighted by atomic mass is 16.5. The van der Waals surface area contributed by atoms with Gasteiger partial charge in [-0.05, 0) is 43.7 Å². The maximum Gasteiger partial charge on any atom is 0.267 e. The van der Waals surface area contributed by atoms with Gasteiger partial charge >= 0.3 is 0 Å². The van der Waals surface area contributed by atoms with E-state index >= 15 is 0 Å². The molecule has 7 heteroatoms. The van der Waals surface area contributed by atoms with Crippen LogP contribution in [0.1, 0.15) is 17.3 Å². The number of aromatic nitrogens is 2. The van der Waals surface area contributed by atoms with Crippen molar-refractivity contribution in [3.63, 3.8) is 0 Å². The lowest BCUT2D eigenvalue weighted by Gasteiger charge is -2.27. The van der Waals surface area contributed by atoms with Crippen LogP contribution >= 0.6 is 0 Å². The summed E-state index contributed by atoms with van der Waals surface area (Å²) in [6.07, 6.45) is 0. The van der Waals surface area contributed by atoms with Crippen LogP contribution < -0.4 is 10.3 Å². The van der Waals surface area contributed by atoms with E-state index in [0.717, 1.165) is 24.5 Å². The topological polar surface area (TPSA) is 67.7 Å². The number of fused-ring (bicyclic) bond motifs is 1. The van der Waals surface area contributed by atoms with Gasteiger partial charge in [-0.3, -0.25) is 14.5 Å². The first-order valence-corrected chi connectivity index (χ1v) is 9.63. The van der Waals surface area contributed by atoms with Crippen LogP contribution in [0, 0.1) is 18.8 Å². The Bertz CT molecular complexity index is 924. The molecule has 1 aromatic carbocycles. The highest BCUT2D eigenvalue weighted by molar-refractivity contribution is 5.76.